The average Bonchev–Trinajstić information content (AvgIpc) is 2.98. The van der Waals surface area contributed by atoms with E-state index in [-0.39, 0.29) is 23.1 Å². The molecule has 0 aromatic heterocycles. The molecule has 0 atom stereocenters. The van der Waals surface area contributed by atoms with Crippen LogP contribution in [0.4, 0.5) is 8.78 Å². The van der Waals surface area contributed by atoms with Gasteiger partial charge in [0.25, 0.3) is 0 Å². The molecule has 0 radical (unpaired) electrons. The van der Waals surface area contributed by atoms with Crippen LogP contribution in [0.15, 0.2) is 47.1 Å². The molecular formula is C20H17F2NO3. The van der Waals surface area contributed by atoms with Gasteiger partial charge in [0.2, 0.25) is 5.90 Å². The zero-order valence-electron chi connectivity index (χ0n) is 14.5. The smallest absolute Gasteiger partial charge is 0.363 e. The molecule has 0 aliphatic carbocycles. The fourth-order valence-electron chi connectivity index (χ4n) is 2.61. The monoisotopic (exact) mass is 357 g/mol. The van der Waals surface area contributed by atoms with Crippen LogP contribution in [0.25, 0.3) is 6.08 Å². The van der Waals surface area contributed by atoms with E-state index in [1.807, 2.05) is 26.0 Å². The van der Waals surface area contributed by atoms with E-state index in [1.165, 1.54) is 6.07 Å². The van der Waals surface area contributed by atoms with Gasteiger partial charge in [-0.25, -0.2) is 18.6 Å². The second kappa shape index (κ2) is 7.07. The minimum atomic E-state index is -1.03. The van der Waals surface area contributed by atoms with Crippen molar-refractivity contribution in [2.45, 2.75) is 19.8 Å². The van der Waals surface area contributed by atoms with Crippen LogP contribution in [0.3, 0.4) is 0 Å². The fraction of sp³-hybridized carbons (Fsp3) is 0.200. The summed E-state index contributed by atoms with van der Waals surface area (Å²) in [6.45, 7) is 4.08. The summed E-state index contributed by atoms with van der Waals surface area (Å²) in [4.78, 5) is 16.2. The molecule has 0 saturated carbocycles. The molecule has 1 aliphatic rings. The summed E-state index contributed by atoms with van der Waals surface area (Å²) in [6.07, 6.45) is 1.58. The molecular weight excluding hydrogens is 340 g/mol. The fourth-order valence-corrected chi connectivity index (χ4v) is 2.61. The zero-order chi connectivity index (χ0) is 18.8. The van der Waals surface area contributed by atoms with E-state index in [0.29, 0.717) is 0 Å². The Morgan fingerprint density at radius 1 is 1.12 bits per heavy atom. The number of cyclic esters (lactones) is 1. The molecule has 2 aromatic rings. The number of methoxy groups -OCH3 is 1. The van der Waals surface area contributed by atoms with Crippen LogP contribution in [0.1, 0.15) is 36.5 Å². The van der Waals surface area contributed by atoms with Crippen molar-refractivity contribution in [3.8, 4) is 5.75 Å². The summed E-state index contributed by atoms with van der Waals surface area (Å²) in [5.74, 6) is -1.71. The topological polar surface area (TPSA) is 47.9 Å². The van der Waals surface area contributed by atoms with Crippen LogP contribution in [-0.4, -0.2) is 19.0 Å². The Balaban J connectivity index is 1.96. The third-order valence-corrected chi connectivity index (χ3v) is 3.97. The quantitative estimate of drug-likeness (QED) is 0.600. The number of esters is 1. The highest BCUT2D eigenvalue weighted by atomic mass is 19.2. The maximum absolute atomic E-state index is 13.4. The SMILES string of the molecule is COc1ccc(/C=C2/N=C(c3ccc(F)c(F)c3)OC2=O)cc1C(C)C. The number of nitrogens with zero attached hydrogens (tertiary/aromatic N) is 1. The van der Waals surface area contributed by atoms with E-state index in [1.54, 1.807) is 19.3 Å². The minimum absolute atomic E-state index is 0.0576. The van der Waals surface area contributed by atoms with E-state index in [0.717, 1.165) is 29.0 Å². The summed E-state index contributed by atoms with van der Waals surface area (Å²) in [5.41, 5.74) is 2.04. The molecule has 0 fully saturated rings. The van der Waals surface area contributed by atoms with Crippen LogP contribution >= 0.6 is 0 Å². The summed E-state index contributed by atoms with van der Waals surface area (Å²) in [7, 11) is 1.60. The van der Waals surface area contributed by atoms with Gasteiger partial charge in [-0.3, -0.25) is 0 Å². The van der Waals surface area contributed by atoms with Gasteiger partial charge in [0.15, 0.2) is 17.3 Å². The van der Waals surface area contributed by atoms with Crippen molar-refractivity contribution in [1.29, 1.82) is 0 Å². The number of ether oxygens (including phenoxy) is 2. The maximum Gasteiger partial charge on any atom is 0.363 e. The lowest BCUT2D eigenvalue weighted by Gasteiger charge is -2.12. The molecule has 3 rings (SSSR count). The molecule has 1 aliphatic heterocycles. The Hall–Kier alpha value is -3.02. The Morgan fingerprint density at radius 3 is 2.54 bits per heavy atom. The molecule has 0 amide bonds. The van der Waals surface area contributed by atoms with Gasteiger partial charge in [-0.15, -0.1) is 0 Å². The van der Waals surface area contributed by atoms with Crippen molar-refractivity contribution in [2.24, 2.45) is 4.99 Å². The highest BCUT2D eigenvalue weighted by Crippen LogP contribution is 2.29. The molecule has 2 aromatic carbocycles. The van der Waals surface area contributed by atoms with Crippen molar-refractivity contribution in [3.05, 3.63) is 70.4 Å². The molecule has 1 heterocycles. The summed E-state index contributed by atoms with van der Waals surface area (Å²) < 4.78 is 36.8. The molecule has 0 saturated heterocycles. The highest BCUT2D eigenvalue weighted by molar-refractivity contribution is 6.12. The zero-order valence-corrected chi connectivity index (χ0v) is 14.5. The number of carbonyl (C=O) groups is 1. The molecule has 134 valence electrons. The minimum Gasteiger partial charge on any atom is -0.496 e. The first-order valence-electron chi connectivity index (χ1n) is 8.05. The molecule has 0 spiro atoms. The van der Waals surface area contributed by atoms with E-state index in [2.05, 4.69) is 4.99 Å². The lowest BCUT2D eigenvalue weighted by molar-refractivity contribution is -0.129. The molecule has 0 bridgehead atoms. The molecule has 0 N–H and O–H groups in total. The van der Waals surface area contributed by atoms with Crippen molar-refractivity contribution < 1.29 is 23.0 Å². The first-order valence-corrected chi connectivity index (χ1v) is 8.05. The Morgan fingerprint density at radius 2 is 1.88 bits per heavy atom. The predicted molar refractivity (Wildman–Crippen MR) is 94.0 cm³/mol. The number of rotatable bonds is 4. The maximum atomic E-state index is 13.4. The predicted octanol–water partition coefficient (Wildman–Crippen LogP) is 4.44. The normalized spacial score (nSPS) is 15.4. The van der Waals surface area contributed by atoms with Gasteiger partial charge in [0.1, 0.15) is 5.75 Å². The second-order valence-corrected chi connectivity index (χ2v) is 6.12. The van der Waals surface area contributed by atoms with Crippen molar-refractivity contribution >= 4 is 17.9 Å². The van der Waals surface area contributed by atoms with Gasteiger partial charge in [-0.05, 0) is 53.5 Å². The van der Waals surface area contributed by atoms with E-state index >= 15 is 0 Å². The lowest BCUT2D eigenvalue weighted by Crippen LogP contribution is -2.06. The third kappa shape index (κ3) is 3.49. The van der Waals surface area contributed by atoms with Gasteiger partial charge >= 0.3 is 5.97 Å². The van der Waals surface area contributed by atoms with Gasteiger partial charge < -0.3 is 9.47 Å². The van der Waals surface area contributed by atoms with E-state index in [4.69, 9.17) is 9.47 Å². The van der Waals surface area contributed by atoms with Gasteiger partial charge in [-0.1, -0.05) is 19.9 Å². The lowest BCUT2D eigenvalue weighted by atomic mass is 9.99. The Bertz CT molecular complexity index is 933. The number of hydrogen-bond acceptors (Lipinski definition) is 4. The standard InChI is InChI=1S/C20H17F2NO3/c1-11(2)14-8-12(4-7-18(14)25-3)9-17-20(24)26-19(23-17)13-5-6-15(21)16(22)10-13/h4-11H,1-3H3/b17-9+. The number of carbonyl (C=O) groups excluding carboxylic acids is 1. The van der Waals surface area contributed by atoms with Crippen LogP contribution in [0, 0.1) is 11.6 Å². The highest BCUT2D eigenvalue weighted by Gasteiger charge is 2.25. The van der Waals surface area contributed by atoms with Crippen LogP contribution in [0.5, 0.6) is 5.75 Å². The molecule has 26 heavy (non-hydrogen) atoms. The molecule has 6 heteroatoms. The van der Waals surface area contributed by atoms with E-state index < -0.39 is 17.6 Å². The average molecular weight is 357 g/mol. The molecule has 4 nitrogen and oxygen atoms in total. The number of hydrogen-bond donors (Lipinski definition) is 0. The third-order valence-electron chi connectivity index (χ3n) is 3.97. The summed E-state index contributed by atoms with van der Waals surface area (Å²) >= 11 is 0. The van der Waals surface area contributed by atoms with Crippen molar-refractivity contribution in [3.63, 3.8) is 0 Å². The van der Waals surface area contributed by atoms with Crippen LogP contribution < -0.4 is 4.74 Å². The first-order chi connectivity index (χ1) is 12.4. The van der Waals surface area contributed by atoms with E-state index in [9.17, 15) is 13.6 Å². The molecule has 0 unspecified atom stereocenters. The van der Waals surface area contributed by atoms with Crippen molar-refractivity contribution in [1.82, 2.24) is 0 Å². The first kappa shape index (κ1) is 17.8. The largest absolute Gasteiger partial charge is 0.496 e. The summed E-state index contributed by atoms with van der Waals surface area (Å²) in [6, 6.07) is 8.74. The van der Waals surface area contributed by atoms with Gasteiger partial charge in [-0.2, -0.15) is 0 Å². The summed E-state index contributed by atoms with van der Waals surface area (Å²) in [5, 5.41) is 0. The number of benzene rings is 2. The van der Waals surface area contributed by atoms with Crippen LogP contribution in [0.2, 0.25) is 0 Å². The Labute approximate surface area is 149 Å². The van der Waals surface area contributed by atoms with Gasteiger partial charge in [0, 0.05) is 5.56 Å². The van der Waals surface area contributed by atoms with Crippen LogP contribution in [-0.2, 0) is 9.53 Å². The Kier molecular flexibility index (Phi) is 4.84. The van der Waals surface area contributed by atoms with Gasteiger partial charge in [0.05, 0.1) is 7.11 Å². The second-order valence-electron chi connectivity index (χ2n) is 6.12. The van der Waals surface area contributed by atoms with Crippen molar-refractivity contribution in [2.75, 3.05) is 7.11 Å². The number of halogens is 2. The number of aliphatic imine (C=N–C) groups is 1.